The molecule has 5 rings (SSSR count). The number of rotatable bonds is 7. The van der Waals surface area contributed by atoms with Crippen LogP contribution in [0.1, 0.15) is 15.9 Å². The maximum absolute atomic E-state index is 13.1. The van der Waals surface area contributed by atoms with Crippen LogP contribution >= 0.6 is 0 Å². The van der Waals surface area contributed by atoms with Gasteiger partial charge in [0.1, 0.15) is 19.0 Å². The van der Waals surface area contributed by atoms with E-state index >= 15 is 0 Å². The number of alkyl halides is 3. The van der Waals surface area contributed by atoms with Crippen LogP contribution in [-0.2, 0) is 6.61 Å². The lowest BCUT2D eigenvalue weighted by Gasteiger charge is -2.32. The zero-order valence-electron chi connectivity index (χ0n) is 19.8. The third-order valence-corrected chi connectivity index (χ3v) is 5.56. The molecule has 0 radical (unpaired) electrons. The topological polar surface area (TPSA) is 85.8 Å². The molecule has 0 saturated heterocycles. The van der Waals surface area contributed by atoms with Crippen molar-refractivity contribution < 1.29 is 32.2 Å². The lowest BCUT2D eigenvalue weighted by molar-refractivity contribution is -0.274. The highest BCUT2D eigenvalue weighted by Crippen LogP contribution is 2.41. The van der Waals surface area contributed by atoms with E-state index in [1.54, 1.807) is 36.8 Å². The molecule has 0 spiro atoms. The number of hydrogen-bond acceptors (Lipinski definition) is 7. The third-order valence-electron chi connectivity index (χ3n) is 5.56. The number of pyridine rings is 2. The Balaban J connectivity index is 1.37. The molecule has 1 aliphatic rings. The third kappa shape index (κ3) is 5.77. The van der Waals surface area contributed by atoms with Crippen LogP contribution in [0, 0.1) is 0 Å². The quantitative estimate of drug-likeness (QED) is 0.331. The normalized spacial score (nSPS) is 12.8. The van der Waals surface area contributed by atoms with Gasteiger partial charge in [-0.15, -0.1) is 13.2 Å². The van der Waals surface area contributed by atoms with Gasteiger partial charge in [-0.05, 0) is 54.6 Å². The highest BCUT2D eigenvalue weighted by molar-refractivity contribution is 6.07. The van der Waals surface area contributed by atoms with Crippen molar-refractivity contribution in [3.05, 3.63) is 96.4 Å². The first-order valence-electron chi connectivity index (χ1n) is 11.5. The monoisotopic (exact) mass is 522 g/mol. The van der Waals surface area contributed by atoms with Crippen molar-refractivity contribution in [1.82, 2.24) is 9.97 Å². The first-order chi connectivity index (χ1) is 18.4. The number of hydrogen-bond donors (Lipinski definition) is 1. The molecule has 0 bridgehead atoms. The predicted octanol–water partition coefficient (Wildman–Crippen LogP) is 5.74. The van der Waals surface area contributed by atoms with E-state index in [1.807, 2.05) is 29.2 Å². The number of nitrogens with zero attached hydrogens (tertiary/aromatic N) is 3. The zero-order chi connectivity index (χ0) is 26.5. The average Bonchev–Trinajstić information content (AvgIpc) is 2.92. The lowest BCUT2D eigenvalue weighted by Crippen LogP contribution is -2.31. The second kappa shape index (κ2) is 10.7. The van der Waals surface area contributed by atoms with Gasteiger partial charge in [0.15, 0.2) is 17.3 Å². The van der Waals surface area contributed by atoms with E-state index < -0.39 is 12.3 Å². The molecule has 8 nitrogen and oxygen atoms in total. The minimum absolute atomic E-state index is 0.261. The Morgan fingerprint density at radius 1 is 1.03 bits per heavy atom. The van der Waals surface area contributed by atoms with Crippen LogP contribution in [0.3, 0.4) is 0 Å². The number of halogens is 3. The number of anilines is 3. The number of ether oxygens (including phenoxy) is 3. The Kier molecular flexibility index (Phi) is 6.98. The fraction of sp³-hybridized carbons (Fsp3) is 0.148. The van der Waals surface area contributed by atoms with Crippen LogP contribution < -0.4 is 24.4 Å². The molecule has 11 heteroatoms. The Morgan fingerprint density at radius 3 is 2.61 bits per heavy atom. The fourth-order valence-electron chi connectivity index (χ4n) is 3.93. The van der Waals surface area contributed by atoms with E-state index in [0.29, 0.717) is 48.5 Å². The van der Waals surface area contributed by atoms with Gasteiger partial charge in [0.25, 0.3) is 5.91 Å². The number of benzene rings is 2. The number of amides is 1. The van der Waals surface area contributed by atoms with Crippen molar-refractivity contribution in [1.29, 1.82) is 0 Å². The number of nitrogens with one attached hydrogen (secondary N) is 1. The molecule has 1 aliphatic heterocycles. The van der Waals surface area contributed by atoms with Gasteiger partial charge in [-0.2, -0.15) is 0 Å². The molecular weight excluding hydrogens is 501 g/mol. The first kappa shape index (κ1) is 24.9. The van der Waals surface area contributed by atoms with Gasteiger partial charge < -0.3 is 24.4 Å². The summed E-state index contributed by atoms with van der Waals surface area (Å²) in [7, 11) is 0. The standard InChI is InChI=1S/C27H21F3N4O4/c28-27(29,30)38-20-10-8-19(9-11-20)33-26(35)21-5-1-6-22-24(21)36-15-14-34(22)25-23(7-3-13-32-25)37-17-18-4-2-12-31-16-18/h1-13,16H,14-15,17H2,(H,33,35). The molecule has 0 saturated carbocycles. The van der Waals surface area contributed by atoms with Crippen LogP contribution in [0.4, 0.5) is 30.4 Å². The summed E-state index contributed by atoms with van der Waals surface area (Å²) in [5, 5.41) is 2.68. The van der Waals surface area contributed by atoms with Gasteiger partial charge in [-0.25, -0.2) is 4.98 Å². The molecule has 0 atom stereocenters. The Hall–Kier alpha value is -4.80. The summed E-state index contributed by atoms with van der Waals surface area (Å²) in [5.41, 5.74) is 2.09. The minimum Gasteiger partial charge on any atom is -0.489 e. The molecule has 0 unspecified atom stereocenters. The van der Waals surface area contributed by atoms with Gasteiger partial charge in [0, 0.05) is 29.8 Å². The van der Waals surface area contributed by atoms with Crippen molar-refractivity contribution in [2.75, 3.05) is 23.4 Å². The molecule has 0 aliphatic carbocycles. The molecule has 1 N–H and O–H groups in total. The summed E-state index contributed by atoms with van der Waals surface area (Å²) >= 11 is 0. The number of para-hydroxylation sites is 1. The fourth-order valence-corrected chi connectivity index (χ4v) is 3.93. The summed E-state index contributed by atoms with van der Waals surface area (Å²) in [6, 6.07) is 17.4. The highest BCUT2D eigenvalue weighted by Gasteiger charge is 2.31. The van der Waals surface area contributed by atoms with E-state index in [0.717, 1.165) is 17.7 Å². The molecule has 4 aromatic rings. The summed E-state index contributed by atoms with van der Waals surface area (Å²) < 4.78 is 53.0. The van der Waals surface area contributed by atoms with Gasteiger partial charge in [0.05, 0.1) is 17.8 Å². The highest BCUT2D eigenvalue weighted by atomic mass is 19.4. The molecule has 2 aromatic heterocycles. The van der Waals surface area contributed by atoms with Gasteiger partial charge >= 0.3 is 6.36 Å². The van der Waals surface area contributed by atoms with Gasteiger partial charge in [0.2, 0.25) is 0 Å². The van der Waals surface area contributed by atoms with Crippen LogP contribution in [0.15, 0.2) is 85.3 Å². The Bertz CT molecular complexity index is 1420. The maximum Gasteiger partial charge on any atom is 0.573 e. The zero-order valence-corrected chi connectivity index (χ0v) is 19.8. The van der Waals surface area contributed by atoms with E-state index in [9.17, 15) is 18.0 Å². The summed E-state index contributed by atoms with van der Waals surface area (Å²) in [6.07, 6.45) is 0.273. The molecule has 38 heavy (non-hydrogen) atoms. The summed E-state index contributed by atoms with van der Waals surface area (Å²) in [6.45, 7) is 1.07. The second-order valence-corrected chi connectivity index (χ2v) is 8.16. The number of carbonyl (C=O) groups is 1. The Labute approximate surface area is 215 Å². The summed E-state index contributed by atoms with van der Waals surface area (Å²) in [5.74, 6) is 0.613. The second-order valence-electron chi connectivity index (χ2n) is 8.16. The van der Waals surface area contributed by atoms with Crippen molar-refractivity contribution in [3.8, 4) is 17.2 Å². The smallest absolute Gasteiger partial charge is 0.489 e. The SMILES string of the molecule is O=C(Nc1ccc(OC(F)(F)F)cc1)c1cccc2c1OCCN2c1ncccc1OCc1cccnc1. The molecule has 0 fully saturated rings. The molecule has 2 aromatic carbocycles. The average molecular weight is 522 g/mol. The van der Waals surface area contributed by atoms with Crippen LogP contribution in [0.5, 0.6) is 17.2 Å². The number of aromatic nitrogens is 2. The first-order valence-corrected chi connectivity index (χ1v) is 11.5. The van der Waals surface area contributed by atoms with Gasteiger partial charge in [-0.1, -0.05) is 12.1 Å². The van der Waals surface area contributed by atoms with Crippen molar-refractivity contribution in [2.24, 2.45) is 0 Å². The summed E-state index contributed by atoms with van der Waals surface area (Å²) in [4.78, 5) is 23.6. The van der Waals surface area contributed by atoms with E-state index in [1.165, 1.54) is 12.1 Å². The molecule has 194 valence electrons. The van der Waals surface area contributed by atoms with Crippen molar-refractivity contribution in [3.63, 3.8) is 0 Å². The number of carbonyl (C=O) groups excluding carboxylic acids is 1. The van der Waals surface area contributed by atoms with E-state index in [-0.39, 0.29) is 11.3 Å². The minimum atomic E-state index is -4.80. The number of fused-ring (bicyclic) bond motifs is 1. The van der Waals surface area contributed by atoms with Crippen molar-refractivity contribution >= 4 is 23.1 Å². The molecular formula is C27H21F3N4O4. The maximum atomic E-state index is 13.1. The van der Waals surface area contributed by atoms with Gasteiger partial charge in [-0.3, -0.25) is 9.78 Å². The lowest BCUT2D eigenvalue weighted by atomic mass is 10.1. The Morgan fingerprint density at radius 2 is 1.84 bits per heavy atom. The molecule has 1 amide bonds. The predicted molar refractivity (Wildman–Crippen MR) is 133 cm³/mol. The van der Waals surface area contributed by atoms with Crippen molar-refractivity contribution in [2.45, 2.75) is 13.0 Å². The van der Waals surface area contributed by atoms with Crippen LogP contribution in [0.2, 0.25) is 0 Å². The van der Waals surface area contributed by atoms with Crippen LogP contribution in [-0.4, -0.2) is 35.4 Å². The van der Waals surface area contributed by atoms with E-state index in [2.05, 4.69) is 20.0 Å². The largest absolute Gasteiger partial charge is 0.573 e. The van der Waals surface area contributed by atoms with Crippen LogP contribution in [0.25, 0.3) is 0 Å². The van der Waals surface area contributed by atoms with E-state index in [4.69, 9.17) is 9.47 Å². The molecule has 3 heterocycles.